The normalized spacial score (nSPS) is 32.0. The molecule has 4 aliphatic carbocycles. The molecule has 0 spiro atoms. The molecule has 238 valence electrons. The number of aliphatic hydroxyl groups excluding tert-OH is 1. The lowest BCUT2D eigenvalue weighted by Crippen LogP contribution is -2.60. The molecule has 5 fully saturated rings. The highest BCUT2D eigenvalue weighted by Crippen LogP contribution is 2.55. The van der Waals surface area contributed by atoms with Crippen LogP contribution in [-0.2, 0) is 22.6 Å². The van der Waals surface area contributed by atoms with E-state index < -0.39 is 6.29 Å². The predicted octanol–water partition coefficient (Wildman–Crippen LogP) is 7.19. The summed E-state index contributed by atoms with van der Waals surface area (Å²) in [6, 6.07) is 26.3. The minimum atomic E-state index is -0.591. The summed E-state index contributed by atoms with van der Waals surface area (Å²) in [7, 11) is 2.13. The van der Waals surface area contributed by atoms with Gasteiger partial charge < -0.3 is 25.2 Å². The average molecular weight is 610 g/mol. The van der Waals surface area contributed by atoms with Crippen LogP contribution in [0.2, 0.25) is 0 Å². The fraction of sp³-hybridized carbons (Fsp3) is 0.500. The minimum Gasteiger partial charge on any atom is -0.392 e. The van der Waals surface area contributed by atoms with E-state index in [1.54, 1.807) is 0 Å². The van der Waals surface area contributed by atoms with Crippen molar-refractivity contribution in [3.8, 4) is 0 Å². The Bertz CT molecular complexity index is 1430. The molecule has 4 atom stereocenters. The second kappa shape index (κ2) is 12.9. The van der Waals surface area contributed by atoms with Gasteiger partial charge in [-0.2, -0.15) is 0 Å². The first-order valence-electron chi connectivity index (χ1n) is 16.8. The summed E-state index contributed by atoms with van der Waals surface area (Å²) in [6.45, 7) is 3.77. The number of rotatable bonds is 9. The Kier molecular flexibility index (Phi) is 8.71. The number of carbonyl (C=O) groups excluding carboxylic acids is 1. The Labute approximate surface area is 267 Å². The molecule has 3 aromatic carbocycles. The lowest BCUT2D eigenvalue weighted by atomic mass is 9.53. The molecule has 0 aromatic heterocycles. The van der Waals surface area contributed by atoms with Crippen molar-refractivity contribution in [2.24, 2.45) is 23.7 Å². The van der Waals surface area contributed by atoms with Crippen LogP contribution in [-0.4, -0.2) is 41.3 Å². The summed E-state index contributed by atoms with van der Waals surface area (Å²) >= 11 is 0. The van der Waals surface area contributed by atoms with E-state index in [2.05, 4.69) is 53.8 Å². The van der Waals surface area contributed by atoms with E-state index in [9.17, 15) is 9.90 Å². The van der Waals surface area contributed by atoms with Crippen molar-refractivity contribution in [2.45, 2.75) is 82.6 Å². The molecule has 1 aliphatic heterocycles. The van der Waals surface area contributed by atoms with Crippen LogP contribution >= 0.6 is 0 Å². The lowest BCUT2D eigenvalue weighted by molar-refractivity contribution is -0.276. The van der Waals surface area contributed by atoms with Crippen LogP contribution in [0.25, 0.3) is 0 Å². The predicted molar refractivity (Wildman–Crippen MR) is 175 cm³/mol. The van der Waals surface area contributed by atoms with E-state index in [-0.39, 0.29) is 36.3 Å². The number of likely N-dealkylation sites (N-methyl/N-ethyl adjacent to an activating group) is 1. The summed E-state index contributed by atoms with van der Waals surface area (Å²) < 4.78 is 13.4. The number of hydrogen-bond acceptors (Lipinski definition) is 5. The molecule has 4 bridgehead atoms. The van der Waals surface area contributed by atoms with Gasteiger partial charge in [0.25, 0.3) is 0 Å². The van der Waals surface area contributed by atoms with Crippen LogP contribution in [0.1, 0.15) is 80.1 Å². The van der Waals surface area contributed by atoms with E-state index in [1.165, 1.54) is 24.8 Å². The zero-order valence-electron chi connectivity index (χ0n) is 26.5. The largest absolute Gasteiger partial charge is 0.392 e. The van der Waals surface area contributed by atoms with Crippen molar-refractivity contribution in [3.05, 3.63) is 101 Å². The second-order valence-electron chi connectivity index (χ2n) is 14.4. The number of nitrogens with zero attached hydrogens (tertiary/aromatic N) is 1. The summed E-state index contributed by atoms with van der Waals surface area (Å²) in [4.78, 5) is 15.6. The molecular weight excluding hydrogens is 562 g/mol. The van der Waals surface area contributed by atoms with Crippen LogP contribution in [0, 0.1) is 23.7 Å². The molecule has 7 nitrogen and oxygen atoms in total. The van der Waals surface area contributed by atoms with Gasteiger partial charge in [-0.3, -0.25) is 4.90 Å². The quantitative estimate of drug-likeness (QED) is 0.239. The zero-order valence-corrected chi connectivity index (χ0v) is 26.5. The van der Waals surface area contributed by atoms with Gasteiger partial charge in [0.2, 0.25) is 0 Å². The molecule has 7 heteroatoms. The van der Waals surface area contributed by atoms with Gasteiger partial charge in [0.1, 0.15) is 0 Å². The number of ether oxygens (including phenoxy) is 2. The maximum Gasteiger partial charge on any atom is 0.319 e. The van der Waals surface area contributed by atoms with Crippen molar-refractivity contribution >= 4 is 11.7 Å². The second-order valence-corrected chi connectivity index (χ2v) is 14.4. The first kappa shape index (κ1) is 30.4. The summed E-state index contributed by atoms with van der Waals surface area (Å²) in [5.74, 6) is 2.41. The van der Waals surface area contributed by atoms with Crippen LogP contribution < -0.4 is 10.6 Å². The van der Waals surface area contributed by atoms with Crippen molar-refractivity contribution in [2.75, 3.05) is 18.9 Å². The number of aliphatic hydroxyl groups is 1. The fourth-order valence-corrected chi connectivity index (χ4v) is 9.02. The number of hydrogen-bond donors (Lipinski definition) is 3. The highest BCUT2D eigenvalue weighted by molar-refractivity contribution is 5.90. The fourth-order valence-electron chi connectivity index (χ4n) is 9.02. The zero-order chi connectivity index (χ0) is 31.0. The molecule has 3 aromatic rings. The van der Waals surface area contributed by atoms with Crippen LogP contribution in [0.4, 0.5) is 10.5 Å². The molecular formula is C38H47N3O4. The third-order valence-corrected chi connectivity index (χ3v) is 10.7. The lowest BCUT2D eigenvalue weighted by Gasteiger charge is -2.56. The smallest absolute Gasteiger partial charge is 0.319 e. The van der Waals surface area contributed by atoms with Crippen LogP contribution in [0.5, 0.6) is 0 Å². The number of nitrogens with one attached hydrogen (secondary N) is 2. The highest BCUT2D eigenvalue weighted by Gasteiger charge is 2.51. The molecule has 5 aliphatic rings. The van der Waals surface area contributed by atoms with Gasteiger partial charge in [-0.15, -0.1) is 0 Å². The van der Waals surface area contributed by atoms with E-state index >= 15 is 0 Å². The number of amides is 2. The summed E-state index contributed by atoms with van der Waals surface area (Å²) in [5, 5.41) is 16.2. The molecule has 3 N–H and O–H groups in total. The number of carbonyl (C=O) groups is 1. The van der Waals surface area contributed by atoms with E-state index in [4.69, 9.17) is 9.47 Å². The average Bonchev–Trinajstić information content (AvgIpc) is 3.02. The van der Waals surface area contributed by atoms with E-state index in [1.807, 2.05) is 54.6 Å². The van der Waals surface area contributed by atoms with Gasteiger partial charge in [0, 0.05) is 35.8 Å². The summed E-state index contributed by atoms with van der Waals surface area (Å²) in [6.07, 6.45) is 6.53. The molecule has 1 saturated heterocycles. The van der Waals surface area contributed by atoms with Gasteiger partial charge in [-0.05, 0) is 92.1 Å². The topological polar surface area (TPSA) is 83.1 Å². The first-order chi connectivity index (χ1) is 21.8. The van der Waals surface area contributed by atoms with E-state index in [0.717, 1.165) is 72.5 Å². The molecule has 1 heterocycles. The Balaban J connectivity index is 1.07. The Morgan fingerprint density at radius 3 is 2.22 bits per heavy atom. The highest BCUT2D eigenvalue weighted by atomic mass is 16.7. The van der Waals surface area contributed by atoms with Crippen molar-refractivity contribution in [1.29, 1.82) is 0 Å². The molecule has 2 amide bonds. The Morgan fingerprint density at radius 2 is 1.56 bits per heavy atom. The number of anilines is 1. The molecule has 0 unspecified atom stereocenters. The van der Waals surface area contributed by atoms with Gasteiger partial charge >= 0.3 is 6.03 Å². The molecule has 0 radical (unpaired) electrons. The van der Waals surface area contributed by atoms with Crippen molar-refractivity contribution in [1.82, 2.24) is 10.2 Å². The van der Waals surface area contributed by atoms with Gasteiger partial charge in [-0.25, -0.2) is 4.79 Å². The molecule has 4 saturated carbocycles. The molecule has 45 heavy (non-hydrogen) atoms. The van der Waals surface area contributed by atoms with Crippen molar-refractivity contribution < 1.29 is 19.4 Å². The van der Waals surface area contributed by atoms with Crippen LogP contribution in [0.3, 0.4) is 0 Å². The Hall–Kier alpha value is -3.23. The van der Waals surface area contributed by atoms with E-state index in [0.29, 0.717) is 0 Å². The standard InChI is InChI=1S/C38H47N3O4/c1-25-34(23-41(2)22-26-7-4-3-5-8-26)44-36(45-35(25)31-13-11-27(24-42)12-14-31)32-9-6-10-33(18-32)39-37(43)40-38-19-28-15-29(20-38)17-30(16-28)21-38/h3-14,18,25,28-30,34-36,42H,15-17,19-24H2,1-2H3,(H2,39,40,43)/t25-,28?,29?,30?,34+,35+,36+,38?/m1/s1. The monoisotopic (exact) mass is 609 g/mol. The van der Waals surface area contributed by atoms with Crippen LogP contribution in [0.15, 0.2) is 78.9 Å². The Morgan fingerprint density at radius 1 is 0.867 bits per heavy atom. The minimum absolute atomic E-state index is 0.0102. The SMILES string of the molecule is C[C@@H]1[C@H](CN(C)Cc2ccccc2)O[C@H](c2cccc(NC(=O)NC34CC5CC(CC(C5)C3)C4)c2)O[C@@H]1c1ccc(CO)cc1. The van der Waals surface area contributed by atoms with Gasteiger partial charge in [0.15, 0.2) is 6.29 Å². The maximum absolute atomic E-state index is 13.3. The molecule has 8 rings (SSSR count). The van der Waals surface area contributed by atoms with Crippen molar-refractivity contribution in [3.63, 3.8) is 0 Å². The third-order valence-electron chi connectivity index (χ3n) is 10.7. The third kappa shape index (κ3) is 6.82. The number of urea groups is 1. The number of benzene rings is 3. The first-order valence-corrected chi connectivity index (χ1v) is 16.8. The van der Waals surface area contributed by atoms with Gasteiger partial charge in [0.05, 0.1) is 18.8 Å². The summed E-state index contributed by atoms with van der Waals surface area (Å²) in [5.41, 5.74) is 4.77. The maximum atomic E-state index is 13.3. The van der Waals surface area contributed by atoms with Gasteiger partial charge in [-0.1, -0.05) is 73.7 Å².